The molecule has 220 valence electrons. The van der Waals surface area contributed by atoms with Crippen molar-refractivity contribution in [2.75, 3.05) is 0 Å². The van der Waals surface area contributed by atoms with Crippen LogP contribution >= 0.6 is 0 Å². The quantitative estimate of drug-likeness (QED) is 0.203. The van der Waals surface area contributed by atoms with Gasteiger partial charge in [0.1, 0.15) is 5.75 Å². The molecule has 1 nitrogen and oxygen atoms in total. The molecule has 0 fully saturated rings. The maximum absolute atomic E-state index is 9.13. The minimum atomic E-state index is 0. The number of benzene rings is 6. The Balaban J connectivity index is 0.000000232. The van der Waals surface area contributed by atoms with Gasteiger partial charge in [0.2, 0.25) is 0 Å². The Kier molecular flexibility index (Phi) is 13.9. The number of phenolic OH excluding ortho intramolecular Hbond substituents is 1. The fourth-order valence-electron chi connectivity index (χ4n) is 5.05. The summed E-state index contributed by atoms with van der Waals surface area (Å²) in [6, 6.07) is 53.2. The maximum atomic E-state index is 9.13. The van der Waals surface area contributed by atoms with Gasteiger partial charge in [-0.1, -0.05) is 115 Å². The van der Waals surface area contributed by atoms with Gasteiger partial charge < -0.3 is 29.9 Å². The third kappa shape index (κ3) is 8.91. The van der Waals surface area contributed by atoms with Crippen LogP contribution in [0.3, 0.4) is 0 Å². The first-order chi connectivity index (χ1) is 20.6. The van der Waals surface area contributed by atoms with Crippen LogP contribution in [0.15, 0.2) is 146 Å². The summed E-state index contributed by atoms with van der Waals surface area (Å²) in [6.07, 6.45) is 0.132. The third-order valence-corrected chi connectivity index (χ3v) is 12.5. The van der Waals surface area contributed by atoms with E-state index in [9.17, 15) is 0 Å². The zero-order chi connectivity index (χ0) is 29.3. The van der Waals surface area contributed by atoms with Gasteiger partial charge in [-0.3, -0.25) is 0 Å². The summed E-state index contributed by atoms with van der Waals surface area (Å²) in [4.78, 5) is 0. The molecule has 0 bridgehead atoms. The van der Waals surface area contributed by atoms with Crippen LogP contribution in [0.5, 0.6) is 5.75 Å². The Morgan fingerprint density at radius 1 is 0.523 bits per heavy atom. The second-order valence-electron chi connectivity index (χ2n) is 10.3. The second kappa shape index (κ2) is 17.3. The Hall–Kier alpha value is -3.24. The number of phenols is 1. The van der Waals surface area contributed by atoms with Crippen molar-refractivity contribution in [2.24, 2.45) is 0 Å². The molecule has 0 aliphatic carbocycles. The average Bonchev–Trinajstić information content (AvgIpc) is 3.43. The molecule has 44 heavy (non-hydrogen) atoms. The maximum Gasteiger partial charge on any atom is 0.116 e. The molecule has 7 aromatic carbocycles. The predicted octanol–water partition coefficient (Wildman–Crippen LogP) is 5.16. The number of hydrogen-bond acceptors (Lipinski definition) is 1. The van der Waals surface area contributed by atoms with E-state index in [-0.39, 0.29) is 31.0 Å². The minimum Gasteiger partial charge on any atom is -1.00 e. The smallest absolute Gasteiger partial charge is 0.116 e. The van der Waals surface area contributed by atoms with Crippen molar-refractivity contribution in [3.63, 3.8) is 0 Å². The zero-order valence-corrected chi connectivity index (χ0v) is 29.0. The minimum absolute atomic E-state index is 0. The SMILES string of the molecule is CC[Si](=[Ti+2])CC.Oc1ccc2ccccc2c1.[Cl-].[Cl-].c1ccc(-c2ccc3[cH-]c4ccc(-c5ccccc5)cc4c3c2)cc1. The molecule has 1 N–H and O–H groups in total. The van der Waals surface area contributed by atoms with Crippen LogP contribution in [0.1, 0.15) is 13.8 Å². The van der Waals surface area contributed by atoms with E-state index < -0.39 is 0 Å². The van der Waals surface area contributed by atoms with Crippen LogP contribution < -0.4 is 24.8 Å². The number of hydrogen-bond donors (Lipinski definition) is 1. The van der Waals surface area contributed by atoms with Crippen molar-refractivity contribution in [1.82, 2.24) is 0 Å². The zero-order valence-electron chi connectivity index (χ0n) is 25.0. The fraction of sp³-hybridized carbons (Fsp3) is 0.103. The van der Waals surface area contributed by atoms with Crippen LogP contribution in [0.25, 0.3) is 54.6 Å². The van der Waals surface area contributed by atoms with Crippen molar-refractivity contribution >= 4 is 38.5 Å². The fourth-order valence-corrected chi connectivity index (χ4v) is 5.55. The van der Waals surface area contributed by atoms with Crippen molar-refractivity contribution in [3.05, 3.63) is 146 Å². The van der Waals surface area contributed by atoms with Crippen LogP contribution in [-0.2, 0) is 19.2 Å². The van der Waals surface area contributed by atoms with E-state index in [0.717, 1.165) is 10.8 Å². The molecule has 0 atom stereocenters. The number of halogens is 2. The van der Waals surface area contributed by atoms with Crippen LogP contribution in [0.4, 0.5) is 0 Å². The number of rotatable bonds is 4. The van der Waals surface area contributed by atoms with Crippen molar-refractivity contribution in [1.29, 1.82) is 0 Å². The summed E-state index contributed by atoms with van der Waals surface area (Å²) in [6.45, 7) is 4.55. The topological polar surface area (TPSA) is 20.2 Å². The van der Waals surface area contributed by atoms with E-state index >= 15 is 0 Å². The van der Waals surface area contributed by atoms with Gasteiger partial charge in [0.05, 0.1) is 0 Å². The summed E-state index contributed by atoms with van der Waals surface area (Å²) in [7, 11) is 0. The predicted molar refractivity (Wildman–Crippen MR) is 180 cm³/mol. The van der Waals surface area contributed by atoms with E-state index in [1.54, 1.807) is 12.1 Å². The van der Waals surface area contributed by atoms with Gasteiger partial charge in [0.25, 0.3) is 0 Å². The Labute approximate surface area is 285 Å². The molecule has 0 aromatic heterocycles. The molecule has 0 radical (unpaired) electrons. The molecule has 0 saturated heterocycles. The molecular weight excluding hydrogens is 631 g/mol. The van der Waals surface area contributed by atoms with Gasteiger partial charge in [-0.05, 0) is 45.2 Å². The molecule has 5 heteroatoms. The molecule has 0 aliphatic rings. The first-order valence-electron chi connectivity index (χ1n) is 14.5. The summed E-state index contributed by atoms with van der Waals surface area (Å²) < 4.78 is 0. The molecule has 0 spiro atoms. The van der Waals surface area contributed by atoms with Gasteiger partial charge in [-0.2, -0.15) is 0 Å². The standard InChI is InChI=1S/C25H17.C10H8O.C4H10Si.2ClH.Ti/c1-3-7-18(8-4-1)20-11-13-22-15-23-14-12-21(17-25(23)24(22)16-20)19-9-5-2-6-10-19;11-10-6-5-8-3-1-2-4-9(8)7-10;1-3-5-4-2;;;/h1-17H;1-7,11H;3-4H2,1-2H3;2*1H;/q-1;;;;;+2/p-2. The Morgan fingerprint density at radius 3 is 1.43 bits per heavy atom. The number of fused-ring (bicyclic) bond motifs is 4. The summed E-state index contributed by atoms with van der Waals surface area (Å²) in [5.41, 5.74) is 5.06. The van der Waals surface area contributed by atoms with Crippen molar-refractivity contribution < 1.29 is 49.1 Å². The molecular formula is C39H35Cl2OSiTi-. The summed E-state index contributed by atoms with van der Waals surface area (Å²) >= 11 is 2.38. The van der Waals surface area contributed by atoms with E-state index in [1.807, 2.05) is 30.3 Å². The van der Waals surface area contributed by atoms with Gasteiger partial charge in [0.15, 0.2) is 0 Å². The molecule has 7 rings (SSSR count). The van der Waals surface area contributed by atoms with Crippen molar-refractivity contribution in [2.45, 2.75) is 25.9 Å². The summed E-state index contributed by atoms with van der Waals surface area (Å²) in [5, 5.41) is 16.6. The first kappa shape index (κ1) is 35.2. The Morgan fingerprint density at radius 2 is 0.977 bits per heavy atom. The van der Waals surface area contributed by atoms with Gasteiger partial charge in [-0.15, -0.1) is 39.7 Å². The Bertz CT molecular complexity index is 1840. The van der Waals surface area contributed by atoms with Gasteiger partial charge in [-0.25, -0.2) is 0 Å². The van der Waals surface area contributed by atoms with Crippen LogP contribution in [0, 0.1) is 0 Å². The van der Waals surface area contributed by atoms with Crippen LogP contribution in [-0.4, -0.2) is 11.3 Å². The largest absolute Gasteiger partial charge is 1.00 e. The normalized spacial score (nSPS) is 10.1. The molecule has 7 aromatic rings. The van der Waals surface area contributed by atoms with E-state index in [2.05, 4.69) is 136 Å². The first-order valence-corrected chi connectivity index (χ1v) is 18.8. The number of aromatic hydroxyl groups is 1. The van der Waals surface area contributed by atoms with E-state index in [1.165, 1.54) is 55.9 Å². The van der Waals surface area contributed by atoms with Gasteiger partial charge >= 0.3 is 51.3 Å². The monoisotopic (exact) mass is 665 g/mol. The average molecular weight is 667 g/mol. The van der Waals surface area contributed by atoms with Gasteiger partial charge in [0, 0.05) is 0 Å². The third-order valence-electron chi connectivity index (χ3n) is 7.51. The van der Waals surface area contributed by atoms with Crippen LogP contribution in [0.2, 0.25) is 12.1 Å². The van der Waals surface area contributed by atoms with E-state index in [0.29, 0.717) is 5.75 Å². The summed E-state index contributed by atoms with van der Waals surface area (Å²) in [5.74, 6) is 0.323. The second-order valence-corrected chi connectivity index (χ2v) is 16.3. The van der Waals surface area contributed by atoms with E-state index in [4.69, 9.17) is 5.11 Å². The molecule has 0 saturated carbocycles. The molecule has 0 heterocycles. The molecule has 0 amide bonds. The molecule has 0 aliphatic heterocycles. The van der Waals surface area contributed by atoms with Crippen molar-refractivity contribution in [3.8, 4) is 28.0 Å². The molecule has 0 unspecified atom stereocenters.